The second-order valence-corrected chi connectivity index (χ2v) is 4.73. The van der Waals surface area contributed by atoms with Crippen molar-refractivity contribution in [3.05, 3.63) is 71.5 Å². The molecule has 1 amide bonds. The van der Waals surface area contributed by atoms with Gasteiger partial charge in [0.15, 0.2) is 5.54 Å². The lowest BCUT2D eigenvalue weighted by molar-refractivity contribution is -0.147. The lowest BCUT2D eigenvalue weighted by Crippen LogP contribution is -2.53. The highest BCUT2D eigenvalue weighted by atomic mass is 19.1. The Morgan fingerprint density at radius 2 is 1.48 bits per heavy atom. The second-order valence-electron chi connectivity index (χ2n) is 4.73. The third kappa shape index (κ3) is 3.15. The molecule has 6 heteroatoms. The molecule has 0 saturated carbocycles. The van der Waals surface area contributed by atoms with E-state index in [0.29, 0.717) is 11.1 Å². The van der Waals surface area contributed by atoms with Gasteiger partial charge in [-0.05, 0) is 23.3 Å². The number of nitrogens with one attached hydrogen (secondary N) is 1. The smallest absolute Gasteiger partial charge is 0.408 e. The van der Waals surface area contributed by atoms with Crippen molar-refractivity contribution in [2.75, 3.05) is 14.2 Å². The lowest BCUT2D eigenvalue weighted by atomic mass is 9.82. The molecule has 1 N–H and O–H groups in total. The first-order chi connectivity index (χ1) is 11.0. The number of rotatable bonds is 4. The van der Waals surface area contributed by atoms with Crippen molar-refractivity contribution in [2.24, 2.45) is 0 Å². The molecule has 1 atom stereocenters. The van der Waals surface area contributed by atoms with E-state index in [1.54, 1.807) is 30.3 Å². The summed E-state index contributed by atoms with van der Waals surface area (Å²) in [4.78, 5) is 24.4. The van der Waals surface area contributed by atoms with Gasteiger partial charge in [0.05, 0.1) is 14.2 Å². The van der Waals surface area contributed by atoms with E-state index in [2.05, 4.69) is 10.1 Å². The lowest BCUT2D eigenvalue weighted by Gasteiger charge is -2.32. The van der Waals surface area contributed by atoms with E-state index in [1.807, 2.05) is 0 Å². The average Bonchev–Trinajstić information content (AvgIpc) is 2.60. The molecule has 0 aliphatic carbocycles. The number of benzene rings is 2. The predicted molar refractivity (Wildman–Crippen MR) is 81.2 cm³/mol. The summed E-state index contributed by atoms with van der Waals surface area (Å²) in [6.45, 7) is 0. The fraction of sp³-hybridized carbons (Fsp3) is 0.176. The maximum Gasteiger partial charge on any atom is 0.408 e. The number of hydrogen-bond donors (Lipinski definition) is 1. The molecule has 0 heterocycles. The fourth-order valence-corrected chi connectivity index (χ4v) is 2.34. The summed E-state index contributed by atoms with van der Waals surface area (Å²) in [6.07, 6.45) is -0.816. The number of halogens is 1. The molecule has 0 aliphatic heterocycles. The Hall–Kier alpha value is -2.89. The van der Waals surface area contributed by atoms with E-state index in [0.717, 1.165) is 0 Å². The second kappa shape index (κ2) is 6.91. The minimum atomic E-state index is -1.64. The van der Waals surface area contributed by atoms with Gasteiger partial charge in [0.25, 0.3) is 0 Å². The first kappa shape index (κ1) is 16.5. The van der Waals surface area contributed by atoms with Crippen LogP contribution in [0.1, 0.15) is 11.1 Å². The molecule has 0 radical (unpaired) electrons. The number of alkyl carbamates (subject to hydrolysis) is 1. The summed E-state index contributed by atoms with van der Waals surface area (Å²) in [5.41, 5.74) is -0.831. The van der Waals surface area contributed by atoms with Crippen molar-refractivity contribution in [1.29, 1.82) is 0 Å². The van der Waals surface area contributed by atoms with Crippen LogP contribution in [0.4, 0.5) is 9.18 Å². The molecule has 2 aromatic rings. The van der Waals surface area contributed by atoms with Crippen molar-refractivity contribution in [3.8, 4) is 0 Å². The molecule has 23 heavy (non-hydrogen) atoms. The van der Waals surface area contributed by atoms with E-state index in [1.165, 1.54) is 38.5 Å². The van der Waals surface area contributed by atoms with Gasteiger partial charge in [-0.3, -0.25) is 5.32 Å². The molecule has 0 bridgehead atoms. The van der Waals surface area contributed by atoms with Gasteiger partial charge in [-0.1, -0.05) is 42.5 Å². The number of methoxy groups -OCH3 is 2. The highest BCUT2D eigenvalue weighted by Crippen LogP contribution is 2.31. The van der Waals surface area contributed by atoms with Crippen LogP contribution >= 0.6 is 0 Å². The van der Waals surface area contributed by atoms with Crippen LogP contribution in [0, 0.1) is 5.82 Å². The summed E-state index contributed by atoms with van der Waals surface area (Å²) in [5.74, 6) is -1.18. The van der Waals surface area contributed by atoms with Crippen LogP contribution < -0.4 is 5.32 Å². The van der Waals surface area contributed by atoms with Crippen LogP contribution in [0.5, 0.6) is 0 Å². The maximum atomic E-state index is 13.3. The van der Waals surface area contributed by atoms with Crippen molar-refractivity contribution in [3.63, 3.8) is 0 Å². The Morgan fingerprint density at radius 1 is 0.913 bits per heavy atom. The number of amides is 1. The Balaban J connectivity index is 2.70. The van der Waals surface area contributed by atoms with E-state index in [-0.39, 0.29) is 0 Å². The van der Waals surface area contributed by atoms with E-state index >= 15 is 0 Å². The van der Waals surface area contributed by atoms with Gasteiger partial charge in [0.2, 0.25) is 0 Å². The van der Waals surface area contributed by atoms with Gasteiger partial charge >= 0.3 is 12.1 Å². The highest BCUT2D eigenvalue weighted by molar-refractivity contribution is 5.91. The van der Waals surface area contributed by atoms with E-state index < -0.39 is 23.4 Å². The first-order valence-electron chi connectivity index (χ1n) is 6.80. The maximum absolute atomic E-state index is 13.3. The molecular weight excluding hydrogens is 301 g/mol. The molecule has 0 spiro atoms. The monoisotopic (exact) mass is 317 g/mol. The van der Waals surface area contributed by atoms with Gasteiger partial charge in [-0.15, -0.1) is 0 Å². The van der Waals surface area contributed by atoms with E-state index in [4.69, 9.17) is 4.74 Å². The largest absolute Gasteiger partial charge is 0.467 e. The van der Waals surface area contributed by atoms with Gasteiger partial charge in [-0.25, -0.2) is 14.0 Å². The SMILES string of the molecule is COC(=O)N[C@@](C(=O)OC)(c1ccccc1)c1ccc(F)cc1. The van der Waals surface area contributed by atoms with E-state index in [9.17, 15) is 14.0 Å². The molecule has 0 fully saturated rings. The fourth-order valence-electron chi connectivity index (χ4n) is 2.34. The van der Waals surface area contributed by atoms with Gasteiger partial charge in [0.1, 0.15) is 5.82 Å². The first-order valence-corrected chi connectivity index (χ1v) is 6.80. The van der Waals surface area contributed by atoms with Gasteiger partial charge in [-0.2, -0.15) is 0 Å². The summed E-state index contributed by atoms with van der Waals surface area (Å²) in [6, 6.07) is 13.8. The van der Waals surface area contributed by atoms with Crippen LogP contribution in [-0.2, 0) is 19.8 Å². The van der Waals surface area contributed by atoms with Crippen molar-refractivity contribution >= 4 is 12.1 Å². The normalized spacial score (nSPS) is 12.8. The number of hydrogen-bond acceptors (Lipinski definition) is 4. The molecule has 0 aromatic heterocycles. The molecule has 0 aliphatic rings. The zero-order chi connectivity index (χ0) is 16.9. The molecule has 0 unspecified atom stereocenters. The van der Waals surface area contributed by atoms with Crippen LogP contribution in [0.15, 0.2) is 54.6 Å². The summed E-state index contributed by atoms with van der Waals surface area (Å²) < 4.78 is 22.8. The van der Waals surface area contributed by atoms with Crippen LogP contribution in [-0.4, -0.2) is 26.3 Å². The van der Waals surface area contributed by atoms with Crippen LogP contribution in [0.25, 0.3) is 0 Å². The minimum Gasteiger partial charge on any atom is -0.467 e. The third-order valence-electron chi connectivity index (χ3n) is 3.45. The van der Waals surface area contributed by atoms with Crippen LogP contribution in [0.3, 0.4) is 0 Å². The Kier molecular flexibility index (Phi) is 4.95. The quantitative estimate of drug-likeness (QED) is 0.880. The number of carbonyl (C=O) groups is 2. The highest BCUT2D eigenvalue weighted by Gasteiger charge is 2.45. The standard InChI is InChI=1S/C17H16FNO4/c1-22-15(20)17(19-16(21)23-2,12-6-4-3-5-7-12)13-8-10-14(18)11-9-13/h3-11H,1-2H3,(H,19,21)/t17-/m0/s1. The van der Waals surface area contributed by atoms with Gasteiger partial charge in [0, 0.05) is 0 Å². The van der Waals surface area contributed by atoms with Gasteiger partial charge < -0.3 is 9.47 Å². The summed E-state index contributed by atoms with van der Waals surface area (Å²) in [7, 11) is 2.40. The van der Waals surface area contributed by atoms with Crippen molar-refractivity contribution in [1.82, 2.24) is 5.32 Å². The topological polar surface area (TPSA) is 64.6 Å². The van der Waals surface area contributed by atoms with Crippen molar-refractivity contribution in [2.45, 2.75) is 5.54 Å². The summed E-state index contributed by atoms with van der Waals surface area (Å²) in [5, 5.41) is 2.52. The Bertz CT molecular complexity index is 687. The molecule has 2 aromatic carbocycles. The molecule has 120 valence electrons. The number of esters is 1. The molecule has 2 rings (SSSR count). The average molecular weight is 317 g/mol. The van der Waals surface area contributed by atoms with Crippen LogP contribution in [0.2, 0.25) is 0 Å². The predicted octanol–water partition coefficient (Wildman–Crippen LogP) is 2.60. The zero-order valence-corrected chi connectivity index (χ0v) is 12.7. The number of ether oxygens (including phenoxy) is 2. The molecule has 0 saturated heterocycles. The minimum absolute atomic E-state index is 0.349. The van der Waals surface area contributed by atoms with Crippen molar-refractivity contribution < 1.29 is 23.5 Å². The Morgan fingerprint density at radius 3 is 2.00 bits per heavy atom. The number of carbonyl (C=O) groups excluding carboxylic acids is 2. The Labute approximate surface area is 133 Å². The third-order valence-corrected chi connectivity index (χ3v) is 3.45. The molecular formula is C17H16FNO4. The molecule has 5 nitrogen and oxygen atoms in total. The zero-order valence-electron chi connectivity index (χ0n) is 12.7. The summed E-state index contributed by atoms with van der Waals surface area (Å²) >= 11 is 0.